The van der Waals surface area contributed by atoms with Crippen LogP contribution in [0.2, 0.25) is 0 Å². The van der Waals surface area contributed by atoms with E-state index in [0.29, 0.717) is 17.9 Å². The molecule has 0 saturated heterocycles. The van der Waals surface area contributed by atoms with E-state index in [1.807, 2.05) is 24.1 Å². The second-order valence-electron chi connectivity index (χ2n) is 4.95. The molecule has 118 valence electrons. The molecular weight excluding hydrogens is 286 g/mol. The van der Waals surface area contributed by atoms with Crippen LogP contribution in [0.15, 0.2) is 29.1 Å². The number of nitrogens with zero attached hydrogens (tertiary/aromatic N) is 2. The van der Waals surface area contributed by atoms with Gasteiger partial charge in [0.2, 0.25) is 0 Å². The molecule has 4 N–H and O–H groups in total. The van der Waals surface area contributed by atoms with Gasteiger partial charge in [-0.15, -0.1) is 0 Å². The molecule has 1 heterocycles. The molecule has 22 heavy (non-hydrogen) atoms. The summed E-state index contributed by atoms with van der Waals surface area (Å²) in [6.07, 6.45) is 0. The minimum atomic E-state index is -0.414. The number of carbonyl (C=O) groups excluding carboxylic acids is 1. The zero-order valence-electron chi connectivity index (χ0n) is 12.5. The lowest BCUT2D eigenvalue weighted by Crippen LogP contribution is -2.27. The number of hydrogen-bond acceptors (Lipinski definition) is 5. The number of aliphatic hydroxyl groups excluding tert-OH is 1. The number of likely N-dealkylation sites (N-methyl/N-ethyl adjacent to an activating group) is 1. The first kappa shape index (κ1) is 15.8. The van der Waals surface area contributed by atoms with Crippen LogP contribution in [0.5, 0.6) is 0 Å². The summed E-state index contributed by atoms with van der Waals surface area (Å²) in [6.45, 7) is 2.32. The zero-order chi connectivity index (χ0) is 16.1. The van der Waals surface area contributed by atoms with E-state index in [2.05, 4.69) is 20.5 Å². The maximum atomic E-state index is 12.1. The predicted molar refractivity (Wildman–Crippen MR) is 81.9 cm³/mol. The highest BCUT2D eigenvalue weighted by atomic mass is 16.3. The minimum absolute atomic E-state index is 0.0676. The summed E-state index contributed by atoms with van der Waals surface area (Å²) in [7, 11) is 1.86. The number of hydrogen-bond donors (Lipinski definition) is 4. The fourth-order valence-electron chi connectivity index (χ4n) is 1.98. The van der Waals surface area contributed by atoms with E-state index in [1.165, 1.54) is 0 Å². The zero-order valence-corrected chi connectivity index (χ0v) is 12.5. The maximum absolute atomic E-state index is 12.1. The van der Waals surface area contributed by atoms with Crippen LogP contribution in [0.4, 0.5) is 5.69 Å². The molecule has 0 saturated carbocycles. The van der Waals surface area contributed by atoms with Crippen molar-refractivity contribution < 1.29 is 9.90 Å². The Morgan fingerprint density at radius 1 is 1.41 bits per heavy atom. The Kier molecular flexibility index (Phi) is 4.95. The molecule has 0 fully saturated rings. The summed E-state index contributed by atoms with van der Waals surface area (Å²) >= 11 is 0. The van der Waals surface area contributed by atoms with Crippen molar-refractivity contribution in [2.45, 2.75) is 13.0 Å². The normalized spacial score (nSPS) is 12.0. The number of rotatable bonds is 6. The lowest BCUT2D eigenvalue weighted by molar-refractivity contribution is 0.0938. The Morgan fingerprint density at radius 2 is 2.09 bits per heavy atom. The quantitative estimate of drug-likeness (QED) is 0.600. The first-order chi connectivity index (χ1) is 10.5. The molecule has 0 bridgehead atoms. The largest absolute Gasteiger partial charge is 0.395 e. The minimum Gasteiger partial charge on any atom is -0.395 e. The van der Waals surface area contributed by atoms with Gasteiger partial charge in [0.1, 0.15) is 0 Å². The summed E-state index contributed by atoms with van der Waals surface area (Å²) < 4.78 is 0. The van der Waals surface area contributed by atoms with Gasteiger partial charge in [0.05, 0.1) is 12.6 Å². The average molecular weight is 305 g/mol. The maximum Gasteiger partial charge on any atom is 0.340 e. The highest BCUT2D eigenvalue weighted by Crippen LogP contribution is 2.14. The van der Waals surface area contributed by atoms with Crippen molar-refractivity contribution in [2.75, 3.05) is 25.1 Å². The van der Waals surface area contributed by atoms with Crippen molar-refractivity contribution in [1.82, 2.24) is 20.5 Å². The van der Waals surface area contributed by atoms with Gasteiger partial charge >= 0.3 is 5.69 Å². The summed E-state index contributed by atoms with van der Waals surface area (Å²) in [5.41, 5.74) is 1.01. The van der Waals surface area contributed by atoms with Gasteiger partial charge < -0.3 is 15.3 Å². The molecule has 8 heteroatoms. The molecule has 0 aliphatic carbocycles. The Labute approximate surface area is 127 Å². The third kappa shape index (κ3) is 3.73. The number of amides is 1. The van der Waals surface area contributed by atoms with Gasteiger partial charge in [-0.2, -0.15) is 5.10 Å². The molecule has 0 spiro atoms. The van der Waals surface area contributed by atoms with E-state index in [9.17, 15) is 9.59 Å². The lowest BCUT2D eigenvalue weighted by atomic mass is 10.1. The predicted octanol–water partition coefficient (Wildman–Crippen LogP) is 0.0175. The molecule has 1 amide bonds. The van der Waals surface area contributed by atoms with Crippen LogP contribution >= 0.6 is 0 Å². The second-order valence-corrected chi connectivity index (χ2v) is 4.95. The van der Waals surface area contributed by atoms with Crippen LogP contribution < -0.4 is 15.9 Å². The third-order valence-corrected chi connectivity index (χ3v) is 3.28. The monoisotopic (exact) mass is 305 g/mol. The second kappa shape index (κ2) is 6.90. The first-order valence-corrected chi connectivity index (χ1v) is 6.88. The number of aliphatic hydroxyl groups is 1. The van der Waals surface area contributed by atoms with Crippen LogP contribution in [0, 0.1) is 0 Å². The van der Waals surface area contributed by atoms with E-state index >= 15 is 0 Å². The molecular formula is C14H19N5O3. The van der Waals surface area contributed by atoms with Crippen molar-refractivity contribution in [1.29, 1.82) is 0 Å². The highest BCUT2D eigenvalue weighted by Gasteiger charge is 2.14. The summed E-state index contributed by atoms with van der Waals surface area (Å²) in [5.74, 6) is 0.116. The average Bonchev–Trinajstić information content (AvgIpc) is 2.94. The van der Waals surface area contributed by atoms with E-state index in [-0.39, 0.29) is 12.5 Å². The Morgan fingerprint density at radius 3 is 2.64 bits per heavy atom. The number of H-pyrrole nitrogens is 2. The van der Waals surface area contributed by atoms with Crippen LogP contribution in [0.3, 0.4) is 0 Å². The van der Waals surface area contributed by atoms with Gasteiger partial charge in [-0.3, -0.25) is 9.78 Å². The number of aromatic nitrogens is 3. The summed E-state index contributed by atoms with van der Waals surface area (Å²) in [4.78, 5) is 27.5. The molecule has 1 aromatic heterocycles. The number of aromatic amines is 2. The van der Waals surface area contributed by atoms with Crippen LogP contribution in [-0.4, -0.2) is 46.4 Å². The molecule has 1 atom stereocenters. The van der Waals surface area contributed by atoms with Gasteiger partial charge in [-0.05, 0) is 31.2 Å². The molecule has 0 aliphatic heterocycles. The molecule has 8 nitrogen and oxygen atoms in total. The molecule has 2 aromatic rings. The molecule has 2 rings (SSSR count). The van der Waals surface area contributed by atoms with Gasteiger partial charge in [-0.1, -0.05) is 0 Å². The SMILES string of the molecule is C[C@H](NC(=O)c1ccc(N(C)CCO)cc1)c1n[nH]c(=O)[nH]1. The van der Waals surface area contributed by atoms with Crippen LogP contribution in [-0.2, 0) is 0 Å². The third-order valence-electron chi connectivity index (χ3n) is 3.28. The molecule has 0 unspecified atom stereocenters. The van der Waals surface area contributed by atoms with Crippen molar-refractivity contribution in [3.05, 3.63) is 46.1 Å². The van der Waals surface area contributed by atoms with E-state index in [4.69, 9.17) is 5.11 Å². The van der Waals surface area contributed by atoms with Gasteiger partial charge in [0.25, 0.3) is 5.91 Å². The fraction of sp³-hybridized carbons (Fsp3) is 0.357. The summed E-state index contributed by atoms with van der Waals surface area (Å²) in [5, 5.41) is 17.7. The topological polar surface area (TPSA) is 114 Å². The Bertz CT molecular complexity index is 676. The number of anilines is 1. The van der Waals surface area contributed by atoms with E-state index < -0.39 is 11.7 Å². The van der Waals surface area contributed by atoms with Crippen molar-refractivity contribution in [3.8, 4) is 0 Å². The van der Waals surface area contributed by atoms with E-state index in [0.717, 1.165) is 5.69 Å². The number of nitrogens with one attached hydrogen (secondary N) is 3. The highest BCUT2D eigenvalue weighted by molar-refractivity contribution is 5.94. The first-order valence-electron chi connectivity index (χ1n) is 6.88. The lowest BCUT2D eigenvalue weighted by Gasteiger charge is -2.18. The van der Waals surface area contributed by atoms with E-state index in [1.54, 1.807) is 19.1 Å². The van der Waals surface area contributed by atoms with Crippen molar-refractivity contribution in [3.63, 3.8) is 0 Å². The van der Waals surface area contributed by atoms with Gasteiger partial charge in [-0.25, -0.2) is 9.89 Å². The molecule has 0 radical (unpaired) electrons. The smallest absolute Gasteiger partial charge is 0.340 e. The number of carbonyl (C=O) groups is 1. The molecule has 0 aliphatic rings. The van der Waals surface area contributed by atoms with Crippen molar-refractivity contribution >= 4 is 11.6 Å². The van der Waals surface area contributed by atoms with Crippen LogP contribution in [0.25, 0.3) is 0 Å². The number of benzene rings is 1. The van der Waals surface area contributed by atoms with Crippen molar-refractivity contribution in [2.24, 2.45) is 0 Å². The van der Waals surface area contributed by atoms with Gasteiger partial charge in [0, 0.05) is 24.8 Å². The summed E-state index contributed by atoms with van der Waals surface area (Å²) in [6, 6.07) is 6.62. The molecule has 1 aromatic carbocycles. The van der Waals surface area contributed by atoms with Crippen LogP contribution in [0.1, 0.15) is 29.1 Å². The Balaban J connectivity index is 2.02. The van der Waals surface area contributed by atoms with Gasteiger partial charge in [0.15, 0.2) is 5.82 Å². The standard InChI is InChI=1S/C14H19N5O3/c1-9(12-16-14(22)18-17-12)15-13(21)10-3-5-11(6-4-10)19(2)7-8-20/h3-6,9,20H,7-8H2,1-2H3,(H,15,21)(H2,16,17,18,22)/t9-/m0/s1. The Hall–Kier alpha value is -2.61. The fourth-order valence-corrected chi connectivity index (χ4v) is 1.98.